The summed E-state index contributed by atoms with van der Waals surface area (Å²) in [5.41, 5.74) is 0.694. The Kier molecular flexibility index (Phi) is 0.586. The largest absolute Gasteiger partial charge is 0.0525 e. The summed E-state index contributed by atoms with van der Waals surface area (Å²) >= 11 is 0. The van der Waals surface area contributed by atoms with Gasteiger partial charge in [0, 0.05) is 0 Å². The van der Waals surface area contributed by atoms with Crippen molar-refractivity contribution in [2.45, 2.75) is 25.7 Å². The van der Waals surface area contributed by atoms with Crippen LogP contribution in [0.25, 0.3) is 0 Å². The lowest BCUT2D eigenvalue weighted by Gasteiger charge is -1.97. The van der Waals surface area contributed by atoms with Crippen LogP contribution in [0.15, 0.2) is 0 Å². The molecule has 2 saturated carbocycles. The quantitative estimate of drug-likeness (QED) is 0.430. The van der Waals surface area contributed by atoms with Gasteiger partial charge in [-0.2, -0.15) is 0 Å². The topological polar surface area (TPSA) is 0 Å². The van der Waals surface area contributed by atoms with Gasteiger partial charge in [-0.25, -0.2) is 0 Å². The molecule has 1 unspecified atom stereocenters. The Morgan fingerprint density at radius 2 is 2.14 bits per heavy atom. The highest BCUT2D eigenvalue weighted by Crippen LogP contribution is 2.55. The lowest BCUT2D eigenvalue weighted by atomic mass is 10.1. The van der Waals surface area contributed by atoms with Crippen molar-refractivity contribution in [1.82, 2.24) is 0 Å². The third-order valence-electron chi connectivity index (χ3n) is 2.13. The molecule has 2 rings (SSSR count). The smallest absolute Gasteiger partial charge is 0.0232 e. The van der Waals surface area contributed by atoms with E-state index in [4.69, 9.17) is 0 Å². The first kappa shape index (κ1) is 3.94. The van der Waals surface area contributed by atoms with E-state index in [2.05, 4.69) is 12.8 Å². The van der Waals surface area contributed by atoms with Gasteiger partial charge >= 0.3 is 0 Å². The first-order chi connectivity index (χ1) is 3.41. The van der Waals surface area contributed by atoms with Gasteiger partial charge in [-0.1, -0.05) is 6.42 Å². The molecule has 2 aliphatic rings. The molecule has 0 heterocycles. The van der Waals surface area contributed by atoms with Crippen molar-refractivity contribution in [2.75, 3.05) is 0 Å². The van der Waals surface area contributed by atoms with Crippen LogP contribution in [0.5, 0.6) is 0 Å². The summed E-state index contributed by atoms with van der Waals surface area (Å²) in [7, 11) is 0. The Hall–Kier alpha value is 0. The fourth-order valence-corrected chi connectivity index (χ4v) is 1.42. The highest BCUT2D eigenvalue weighted by molar-refractivity contribution is 5.20. The van der Waals surface area contributed by atoms with E-state index in [-0.39, 0.29) is 0 Å². The predicted molar refractivity (Wildman–Crippen MR) is 29.5 cm³/mol. The SMILES string of the molecule is [CH]1CCCC12[CH]C2. The summed E-state index contributed by atoms with van der Waals surface area (Å²) in [6.45, 7) is 0. The van der Waals surface area contributed by atoms with Crippen LogP contribution in [0.1, 0.15) is 25.7 Å². The minimum absolute atomic E-state index is 0.694. The van der Waals surface area contributed by atoms with Gasteiger partial charge in [0.2, 0.25) is 0 Å². The number of rotatable bonds is 0. The first-order valence-electron chi connectivity index (χ1n) is 3.10. The van der Waals surface area contributed by atoms with Crippen molar-refractivity contribution in [1.29, 1.82) is 0 Å². The van der Waals surface area contributed by atoms with Crippen molar-refractivity contribution >= 4 is 0 Å². The van der Waals surface area contributed by atoms with Gasteiger partial charge < -0.3 is 0 Å². The van der Waals surface area contributed by atoms with Gasteiger partial charge in [0.05, 0.1) is 0 Å². The highest BCUT2D eigenvalue weighted by Gasteiger charge is 2.44. The molecule has 0 aromatic carbocycles. The molecule has 0 aromatic rings. The minimum Gasteiger partial charge on any atom is -0.0525 e. The lowest BCUT2D eigenvalue weighted by Crippen LogP contribution is -1.88. The molecule has 0 heteroatoms. The number of hydrogen-bond acceptors (Lipinski definition) is 0. The highest BCUT2D eigenvalue weighted by atomic mass is 14.5. The number of hydrogen-bond donors (Lipinski definition) is 0. The zero-order valence-corrected chi connectivity index (χ0v) is 4.48. The summed E-state index contributed by atoms with van der Waals surface area (Å²) in [5, 5.41) is 0. The first-order valence-corrected chi connectivity index (χ1v) is 3.10. The van der Waals surface area contributed by atoms with E-state index >= 15 is 0 Å². The van der Waals surface area contributed by atoms with Gasteiger partial charge in [-0.15, -0.1) is 0 Å². The molecular weight excluding hydrogens is 84.1 g/mol. The third-order valence-corrected chi connectivity index (χ3v) is 2.13. The van der Waals surface area contributed by atoms with E-state index in [0.29, 0.717) is 5.41 Å². The second kappa shape index (κ2) is 1.04. The van der Waals surface area contributed by atoms with Gasteiger partial charge in [0.15, 0.2) is 0 Å². The lowest BCUT2D eigenvalue weighted by molar-refractivity contribution is 0.647. The zero-order chi connectivity index (χ0) is 4.74. The van der Waals surface area contributed by atoms with E-state index in [1.165, 1.54) is 25.7 Å². The molecule has 0 N–H and O–H groups in total. The molecule has 1 atom stereocenters. The van der Waals surface area contributed by atoms with Crippen molar-refractivity contribution in [2.24, 2.45) is 5.41 Å². The second-order valence-electron chi connectivity index (χ2n) is 2.74. The molecule has 0 bridgehead atoms. The Bertz CT molecular complexity index is 72.0. The van der Waals surface area contributed by atoms with E-state index in [1.54, 1.807) is 0 Å². The van der Waals surface area contributed by atoms with Gasteiger partial charge in [-0.05, 0) is 37.5 Å². The molecule has 7 heavy (non-hydrogen) atoms. The maximum absolute atomic E-state index is 2.48. The minimum atomic E-state index is 0.694. The molecule has 1 spiro atoms. The van der Waals surface area contributed by atoms with E-state index in [1.807, 2.05) is 0 Å². The molecule has 2 aliphatic carbocycles. The summed E-state index contributed by atoms with van der Waals surface area (Å²) in [6.07, 6.45) is 10.6. The molecule has 2 fully saturated rings. The molecule has 38 valence electrons. The van der Waals surface area contributed by atoms with Crippen LogP contribution in [-0.2, 0) is 0 Å². The molecular formula is C7H10. The molecule has 0 aliphatic heterocycles. The molecule has 0 amide bonds. The van der Waals surface area contributed by atoms with Crippen molar-refractivity contribution in [3.8, 4) is 0 Å². The van der Waals surface area contributed by atoms with Crippen LogP contribution in [-0.4, -0.2) is 0 Å². The average Bonchev–Trinajstić information content (AvgIpc) is 2.15. The van der Waals surface area contributed by atoms with Crippen LogP contribution in [0.2, 0.25) is 0 Å². The average molecular weight is 94.2 g/mol. The molecule has 0 nitrogen and oxygen atoms in total. The summed E-state index contributed by atoms with van der Waals surface area (Å²) in [5.74, 6) is 0. The van der Waals surface area contributed by atoms with Gasteiger partial charge in [-0.3, -0.25) is 0 Å². The maximum atomic E-state index is 2.48. The maximum Gasteiger partial charge on any atom is -0.0232 e. The monoisotopic (exact) mass is 94.1 g/mol. The van der Waals surface area contributed by atoms with E-state index in [0.717, 1.165) is 0 Å². The van der Waals surface area contributed by atoms with E-state index in [9.17, 15) is 0 Å². The predicted octanol–water partition coefficient (Wildman–Crippen LogP) is 1.97. The third kappa shape index (κ3) is 0.490. The van der Waals surface area contributed by atoms with E-state index < -0.39 is 0 Å². The van der Waals surface area contributed by atoms with Crippen LogP contribution >= 0.6 is 0 Å². The second-order valence-corrected chi connectivity index (χ2v) is 2.74. The van der Waals surface area contributed by atoms with Crippen molar-refractivity contribution in [3.63, 3.8) is 0 Å². The molecule has 2 radical (unpaired) electrons. The molecule has 0 saturated heterocycles. The van der Waals surface area contributed by atoms with Crippen molar-refractivity contribution < 1.29 is 0 Å². The van der Waals surface area contributed by atoms with Crippen molar-refractivity contribution in [3.05, 3.63) is 12.8 Å². The van der Waals surface area contributed by atoms with Gasteiger partial charge in [0.1, 0.15) is 0 Å². The fourth-order valence-electron chi connectivity index (χ4n) is 1.42. The normalized spacial score (nSPS) is 34.3. The Labute approximate surface area is 44.9 Å². The Morgan fingerprint density at radius 1 is 1.29 bits per heavy atom. The Morgan fingerprint density at radius 3 is 2.43 bits per heavy atom. The standard InChI is InChI=1S/C7H10/c1-2-4-7(3-1)5-6-7/h3,5H,1-2,4,6H2. The van der Waals surface area contributed by atoms with Gasteiger partial charge in [0.25, 0.3) is 0 Å². The molecule has 0 aromatic heterocycles. The summed E-state index contributed by atoms with van der Waals surface area (Å²) in [6, 6.07) is 0. The van der Waals surface area contributed by atoms with Crippen LogP contribution in [0.4, 0.5) is 0 Å². The van der Waals surface area contributed by atoms with Crippen LogP contribution in [0, 0.1) is 18.3 Å². The van der Waals surface area contributed by atoms with Crippen LogP contribution in [0.3, 0.4) is 0 Å². The summed E-state index contributed by atoms with van der Waals surface area (Å²) in [4.78, 5) is 0. The van der Waals surface area contributed by atoms with Crippen LogP contribution < -0.4 is 0 Å². The zero-order valence-electron chi connectivity index (χ0n) is 4.48. The summed E-state index contributed by atoms with van der Waals surface area (Å²) < 4.78 is 0. The fraction of sp³-hybridized carbons (Fsp3) is 0.714. The Balaban J connectivity index is 2.07.